The number of nitrogens with one attached hydrogen (secondary N) is 2. The summed E-state index contributed by atoms with van der Waals surface area (Å²) in [5.74, 6) is -0.709. The fourth-order valence-electron chi connectivity index (χ4n) is 2.70. The molecule has 0 bridgehead atoms. The molecule has 2 amide bonds. The van der Waals surface area contributed by atoms with Gasteiger partial charge in [0.25, 0.3) is 11.8 Å². The fraction of sp³-hybridized carbons (Fsp3) is 0.0909. The van der Waals surface area contributed by atoms with Crippen molar-refractivity contribution in [2.45, 2.75) is 13.2 Å². The second kappa shape index (κ2) is 8.94. The molecule has 28 heavy (non-hydrogen) atoms. The number of benzene rings is 3. The minimum Gasteiger partial charge on any atom is -0.392 e. The number of amides is 2. The topological polar surface area (TPSA) is 98.7 Å². The van der Waals surface area contributed by atoms with Crippen LogP contribution in [0.4, 0.5) is 11.4 Å². The largest absolute Gasteiger partial charge is 0.392 e. The van der Waals surface area contributed by atoms with Crippen LogP contribution < -0.4 is 10.6 Å². The molecule has 6 nitrogen and oxygen atoms in total. The minimum absolute atomic E-state index is 0.114. The lowest BCUT2D eigenvalue weighted by Gasteiger charge is -2.09. The van der Waals surface area contributed by atoms with Crippen molar-refractivity contribution in [3.8, 4) is 0 Å². The van der Waals surface area contributed by atoms with Gasteiger partial charge in [-0.1, -0.05) is 30.3 Å². The van der Waals surface area contributed by atoms with Crippen LogP contribution in [0, 0.1) is 0 Å². The zero-order valence-electron chi connectivity index (χ0n) is 15.1. The number of carbonyl (C=O) groups is 2. The Balaban J connectivity index is 1.73. The van der Waals surface area contributed by atoms with E-state index in [2.05, 4.69) is 10.6 Å². The third-order valence-electron chi connectivity index (χ3n) is 4.12. The molecule has 142 valence electrons. The quantitative estimate of drug-likeness (QED) is 0.531. The maximum atomic E-state index is 12.5. The normalized spacial score (nSPS) is 10.4. The number of hydrogen-bond donors (Lipinski definition) is 4. The van der Waals surface area contributed by atoms with Crippen LogP contribution in [0.1, 0.15) is 31.8 Å². The summed E-state index contributed by atoms with van der Waals surface area (Å²) >= 11 is 0. The fourth-order valence-corrected chi connectivity index (χ4v) is 2.70. The zero-order valence-corrected chi connectivity index (χ0v) is 15.1. The summed E-state index contributed by atoms with van der Waals surface area (Å²) < 4.78 is 0. The molecule has 0 aliphatic heterocycles. The van der Waals surface area contributed by atoms with Crippen LogP contribution in [0.2, 0.25) is 0 Å². The van der Waals surface area contributed by atoms with Gasteiger partial charge in [0.1, 0.15) is 0 Å². The van der Waals surface area contributed by atoms with Gasteiger partial charge in [0.05, 0.1) is 13.2 Å². The van der Waals surface area contributed by atoms with E-state index in [1.807, 2.05) is 0 Å². The van der Waals surface area contributed by atoms with Crippen LogP contribution in [0.25, 0.3) is 0 Å². The summed E-state index contributed by atoms with van der Waals surface area (Å²) in [5.41, 5.74) is 3.18. The summed E-state index contributed by atoms with van der Waals surface area (Å²) in [5, 5.41) is 23.9. The summed E-state index contributed by atoms with van der Waals surface area (Å²) in [4.78, 5) is 25.0. The Morgan fingerprint density at radius 3 is 1.50 bits per heavy atom. The molecular weight excluding hydrogens is 356 g/mol. The number of anilines is 2. The first-order valence-electron chi connectivity index (χ1n) is 8.71. The van der Waals surface area contributed by atoms with Crippen molar-refractivity contribution in [1.82, 2.24) is 0 Å². The highest BCUT2D eigenvalue weighted by Gasteiger charge is 2.11. The van der Waals surface area contributed by atoms with Crippen LogP contribution in [0.5, 0.6) is 0 Å². The molecule has 0 aliphatic rings. The smallest absolute Gasteiger partial charge is 0.255 e. The highest BCUT2D eigenvalue weighted by Crippen LogP contribution is 2.15. The molecule has 0 radical (unpaired) electrons. The van der Waals surface area contributed by atoms with E-state index in [1.165, 1.54) is 6.07 Å². The van der Waals surface area contributed by atoms with Crippen molar-refractivity contribution in [3.05, 3.63) is 95.1 Å². The lowest BCUT2D eigenvalue weighted by molar-refractivity contribution is 0.102. The van der Waals surface area contributed by atoms with E-state index in [-0.39, 0.29) is 25.0 Å². The molecule has 0 fully saturated rings. The minimum atomic E-state index is -0.355. The highest BCUT2D eigenvalue weighted by molar-refractivity contribution is 6.08. The number of carbonyl (C=O) groups excluding carboxylic acids is 2. The molecule has 4 N–H and O–H groups in total. The molecule has 0 aliphatic carbocycles. The second-order valence-electron chi connectivity index (χ2n) is 6.21. The van der Waals surface area contributed by atoms with Gasteiger partial charge in [-0.25, -0.2) is 0 Å². The van der Waals surface area contributed by atoms with E-state index in [4.69, 9.17) is 0 Å². The van der Waals surface area contributed by atoms with Gasteiger partial charge >= 0.3 is 0 Å². The molecule has 0 saturated heterocycles. The molecule has 3 rings (SSSR count). The first-order valence-corrected chi connectivity index (χ1v) is 8.71. The van der Waals surface area contributed by atoms with Crippen molar-refractivity contribution in [2.75, 3.05) is 10.6 Å². The predicted octanol–water partition coefficient (Wildman–Crippen LogP) is 3.18. The Labute approximate surface area is 162 Å². The Morgan fingerprint density at radius 1 is 0.643 bits per heavy atom. The third kappa shape index (κ3) is 4.82. The van der Waals surface area contributed by atoms with E-state index in [1.54, 1.807) is 66.7 Å². The molecule has 0 saturated carbocycles. The van der Waals surface area contributed by atoms with Crippen molar-refractivity contribution < 1.29 is 19.8 Å². The van der Waals surface area contributed by atoms with E-state index in [0.717, 1.165) is 0 Å². The van der Waals surface area contributed by atoms with Gasteiger partial charge in [-0.05, 0) is 53.6 Å². The SMILES string of the molecule is O=C(Nc1cccc(CO)c1)c1cccc(C(=O)Nc2cccc(CO)c2)c1. The standard InChI is InChI=1S/C22H20N2O4/c25-13-15-4-1-8-19(10-15)23-21(27)17-6-3-7-18(12-17)22(28)24-20-9-2-5-16(11-20)14-26/h1-12,25-26H,13-14H2,(H,23,27)(H,24,28). The van der Waals surface area contributed by atoms with Gasteiger partial charge in [0, 0.05) is 22.5 Å². The molecule has 0 spiro atoms. The van der Waals surface area contributed by atoms with Crippen LogP contribution in [0.3, 0.4) is 0 Å². The first kappa shape index (κ1) is 19.3. The van der Waals surface area contributed by atoms with Crippen LogP contribution in [0.15, 0.2) is 72.8 Å². The van der Waals surface area contributed by atoms with Gasteiger partial charge in [-0.3, -0.25) is 9.59 Å². The van der Waals surface area contributed by atoms with Crippen LogP contribution in [-0.4, -0.2) is 22.0 Å². The molecular formula is C22H20N2O4. The van der Waals surface area contributed by atoms with Gasteiger partial charge in [-0.15, -0.1) is 0 Å². The maximum Gasteiger partial charge on any atom is 0.255 e. The summed E-state index contributed by atoms with van der Waals surface area (Å²) in [6, 6.07) is 20.2. The van der Waals surface area contributed by atoms with Gasteiger partial charge < -0.3 is 20.8 Å². The molecule has 3 aromatic rings. The predicted molar refractivity (Wildman–Crippen MR) is 107 cm³/mol. The van der Waals surface area contributed by atoms with E-state index < -0.39 is 0 Å². The van der Waals surface area contributed by atoms with Gasteiger partial charge in [0.2, 0.25) is 0 Å². The number of aliphatic hydroxyl groups excluding tert-OH is 2. The van der Waals surface area contributed by atoms with Crippen molar-refractivity contribution in [1.29, 1.82) is 0 Å². The van der Waals surface area contributed by atoms with E-state index in [0.29, 0.717) is 33.6 Å². The lowest BCUT2D eigenvalue weighted by atomic mass is 10.1. The first-order chi connectivity index (χ1) is 13.6. The molecule has 0 heterocycles. The molecule has 0 aromatic heterocycles. The number of hydrogen-bond acceptors (Lipinski definition) is 4. The summed E-state index contributed by atoms with van der Waals surface area (Å²) in [6.45, 7) is -0.228. The number of aliphatic hydroxyl groups is 2. The molecule has 6 heteroatoms. The number of rotatable bonds is 6. The Hall–Kier alpha value is -3.48. The van der Waals surface area contributed by atoms with E-state index in [9.17, 15) is 19.8 Å². The van der Waals surface area contributed by atoms with Crippen LogP contribution in [-0.2, 0) is 13.2 Å². The van der Waals surface area contributed by atoms with Gasteiger partial charge in [0.15, 0.2) is 0 Å². The summed E-state index contributed by atoms with van der Waals surface area (Å²) in [7, 11) is 0. The molecule has 3 aromatic carbocycles. The van der Waals surface area contributed by atoms with E-state index >= 15 is 0 Å². The average molecular weight is 376 g/mol. The lowest BCUT2D eigenvalue weighted by Crippen LogP contribution is -2.15. The average Bonchev–Trinajstić information content (AvgIpc) is 2.74. The van der Waals surface area contributed by atoms with Crippen LogP contribution >= 0.6 is 0 Å². The Bertz CT molecular complexity index is 924. The van der Waals surface area contributed by atoms with Crippen molar-refractivity contribution in [2.24, 2.45) is 0 Å². The maximum absolute atomic E-state index is 12.5. The highest BCUT2D eigenvalue weighted by atomic mass is 16.3. The third-order valence-corrected chi connectivity index (χ3v) is 4.12. The monoisotopic (exact) mass is 376 g/mol. The Morgan fingerprint density at radius 2 is 1.07 bits per heavy atom. The molecule has 0 unspecified atom stereocenters. The van der Waals surface area contributed by atoms with Crippen molar-refractivity contribution in [3.63, 3.8) is 0 Å². The molecule has 0 atom stereocenters. The van der Waals surface area contributed by atoms with Crippen molar-refractivity contribution >= 4 is 23.2 Å². The summed E-state index contributed by atoms with van der Waals surface area (Å²) in [6.07, 6.45) is 0. The van der Waals surface area contributed by atoms with Gasteiger partial charge in [-0.2, -0.15) is 0 Å². The second-order valence-corrected chi connectivity index (χ2v) is 6.21. The zero-order chi connectivity index (χ0) is 19.9. The Kier molecular flexibility index (Phi) is 6.16.